The van der Waals surface area contributed by atoms with E-state index in [1.54, 1.807) is 4.90 Å². The number of ether oxygens (including phenoxy) is 1. The summed E-state index contributed by atoms with van der Waals surface area (Å²) in [5, 5.41) is 12.1. The van der Waals surface area contributed by atoms with Gasteiger partial charge in [-0.2, -0.15) is 0 Å². The Hall–Kier alpha value is -2.41. The number of aryl methyl sites for hydroxylation is 1. The third-order valence-corrected chi connectivity index (χ3v) is 4.93. The van der Waals surface area contributed by atoms with Crippen molar-refractivity contribution in [1.82, 2.24) is 20.1 Å². The largest absolute Gasteiger partial charge is 0.447 e. The number of cyclic esters (lactones) is 1. The van der Waals surface area contributed by atoms with Crippen molar-refractivity contribution in [3.05, 3.63) is 41.5 Å². The lowest BCUT2D eigenvalue weighted by Gasteiger charge is -2.18. The number of hydrogen-bond acceptors (Lipinski definition) is 5. The SMILES string of the molecule is CC(NCCc1nnc2n1CCC2)c1cccc(N2CCOC2=O)c1. The van der Waals surface area contributed by atoms with Crippen molar-refractivity contribution in [1.29, 1.82) is 0 Å². The quantitative estimate of drug-likeness (QED) is 0.871. The van der Waals surface area contributed by atoms with Gasteiger partial charge in [0.2, 0.25) is 0 Å². The molecule has 0 saturated carbocycles. The first kappa shape index (κ1) is 16.1. The van der Waals surface area contributed by atoms with Crippen LogP contribution in [0.3, 0.4) is 0 Å². The molecule has 0 radical (unpaired) electrons. The predicted octanol–water partition coefficient (Wildman–Crippen LogP) is 2.07. The summed E-state index contributed by atoms with van der Waals surface area (Å²) >= 11 is 0. The molecule has 7 nitrogen and oxygen atoms in total. The minimum Gasteiger partial charge on any atom is -0.447 e. The topological polar surface area (TPSA) is 72.3 Å². The van der Waals surface area contributed by atoms with Crippen molar-refractivity contribution in [3.63, 3.8) is 0 Å². The first-order valence-electron chi connectivity index (χ1n) is 8.91. The Labute approximate surface area is 147 Å². The van der Waals surface area contributed by atoms with Crippen molar-refractivity contribution in [2.45, 2.75) is 38.8 Å². The van der Waals surface area contributed by atoms with Crippen LogP contribution in [-0.2, 0) is 24.1 Å². The normalized spacial score (nSPS) is 17.6. The van der Waals surface area contributed by atoms with Crippen molar-refractivity contribution >= 4 is 11.8 Å². The number of carbonyl (C=O) groups is 1. The van der Waals surface area contributed by atoms with Gasteiger partial charge in [-0.3, -0.25) is 4.90 Å². The number of benzene rings is 1. The van der Waals surface area contributed by atoms with E-state index in [9.17, 15) is 4.79 Å². The molecular weight excluding hydrogens is 318 g/mol. The fourth-order valence-corrected chi connectivity index (χ4v) is 3.50. The molecular formula is C18H23N5O2. The maximum Gasteiger partial charge on any atom is 0.414 e. The first-order chi connectivity index (χ1) is 12.2. The fraction of sp³-hybridized carbons (Fsp3) is 0.500. The standard InChI is InChI=1S/C18H23N5O2/c1-13(19-8-7-17-21-20-16-6-3-9-23(16)17)14-4-2-5-15(12-14)22-10-11-25-18(22)24/h2,4-5,12-13,19H,3,6-11H2,1H3. The molecule has 0 spiro atoms. The van der Waals surface area contributed by atoms with Gasteiger partial charge in [0, 0.05) is 37.7 Å². The number of fused-ring (bicyclic) bond motifs is 1. The minimum atomic E-state index is -0.265. The van der Waals surface area contributed by atoms with Gasteiger partial charge in [0.1, 0.15) is 18.3 Å². The van der Waals surface area contributed by atoms with Crippen LogP contribution in [0.4, 0.5) is 10.5 Å². The Morgan fingerprint density at radius 2 is 2.24 bits per heavy atom. The average molecular weight is 341 g/mol. The summed E-state index contributed by atoms with van der Waals surface area (Å²) in [6, 6.07) is 8.26. The van der Waals surface area contributed by atoms with E-state index in [0.717, 1.165) is 48.8 Å². The number of carbonyl (C=O) groups excluding carboxylic acids is 1. The Bertz CT molecular complexity index is 773. The summed E-state index contributed by atoms with van der Waals surface area (Å²) < 4.78 is 7.26. The minimum absolute atomic E-state index is 0.194. The highest BCUT2D eigenvalue weighted by molar-refractivity contribution is 5.89. The highest BCUT2D eigenvalue weighted by Gasteiger charge is 2.24. The molecule has 0 bridgehead atoms. The Kier molecular flexibility index (Phi) is 4.40. The summed E-state index contributed by atoms with van der Waals surface area (Å²) in [6.07, 6.45) is 2.82. The number of anilines is 1. The summed E-state index contributed by atoms with van der Waals surface area (Å²) in [5.41, 5.74) is 2.05. The number of nitrogens with zero attached hydrogens (tertiary/aromatic N) is 4. The molecule has 1 amide bonds. The monoisotopic (exact) mass is 341 g/mol. The van der Waals surface area contributed by atoms with E-state index in [4.69, 9.17) is 4.74 Å². The van der Waals surface area contributed by atoms with Crippen LogP contribution in [0.2, 0.25) is 0 Å². The molecule has 3 heterocycles. The molecule has 1 fully saturated rings. The number of aromatic nitrogens is 3. The van der Waals surface area contributed by atoms with Crippen LogP contribution in [0.1, 0.15) is 36.6 Å². The van der Waals surface area contributed by atoms with Crippen LogP contribution < -0.4 is 10.2 Å². The van der Waals surface area contributed by atoms with Crippen molar-refractivity contribution in [2.75, 3.05) is 24.6 Å². The molecule has 132 valence electrons. The summed E-state index contributed by atoms with van der Waals surface area (Å²) in [4.78, 5) is 13.4. The maximum atomic E-state index is 11.7. The van der Waals surface area contributed by atoms with Crippen molar-refractivity contribution in [3.8, 4) is 0 Å². The van der Waals surface area contributed by atoms with Crippen LogP contribution in [0.5, 0.6) is 0 Å². The van der Waals surface area contributed by atoms with Gasteiger partial charge in [-0.25, -0.2) is 4.79 Å². The van der Waals surface area contributed by atoms with E-state index in [1.165, 1.54) is 6.42 Å². The number of rotatable bonds is 6. The molecule has 2 aromatic rings. The average Bonchev–Trinajstić information content (AvgIpc) is 3.33. The molecule has 2 aliphatic heterocycles. The number of hydrogen-bond donors (Lipinski definition) is 1. The Morgan fingerprint density at radius 3 is 3.08 bits per heavy atom. The van der Waals surface area contributed by atoms with Crippen LogP contribution in [0.15, 0.2) is 24.3 Å². The third kappa shape index (κ3) is 3.24. The van der Waals surface area contributed by atoms with E-state index in [1.807, 2.05) is 12.1 Å². The van der Waals surface area contributed by atoms with Crippen LogP contribution in [-0.4, -0.2) is 40.6 Å². The van der Waals surface area contributed by atoms with Gasteiger partial charge in [-0.15, -0.1) is 10.2 Å². The lowest BCUT2D eigenvalue weighted by Crippen LogP contribution is -2.25. The van der Waals surface area contributed by atoms with Gasteiger partial charge >= 0.3 is 6.09 Å². The Balaban J connectivity index is 1.36. The van der Waals surface area contributed by atoms with Crippen molar-refractivity contribution in [2.24, 2.45) is 0 Å². The molecule has 1 saturated heterocycles. The molecule has 2 aliphatic rings. The Morgan fingerprint density at radius 1 is 1.32 bits per heavy atom. The lowest BCUT2D eigenvalue weighted by molar-refractivity contribution is 0.181. The van der Waals surface area contributed by atoms with Crippen LogP contribution in [0.25, 0.3) is 0 Å². The zero-order chi connectivity index (χ0) is 17.2. The predicted molar refractivity (Wildman–Crippen MR) is 93.6 cm³/mol. The van der Waals surface area contributed by atoms with Crippen molar-refractivity contribution < 1.29 is 9.53 Å². The second-order valence-electron chi connectivity index (χ2n) is 6.57. The summed E-state index contributed by atoms with van der Waals surface area (Å²) in [6.45, 7) is 5.09. The van der Waals surface area contributed by atoms with Gasteiger partial charge in [0.15, 0.2) is 0 Å². The maximum absolute atomic E-state index is 11.7. The smallest absolute Gasteiger partial charge is 0.414 e. The van der Waals surface area contributed by atoms with Crippen LogP contribution in [0, 0.1) is 0 Å². The van der Waals surface area contributed by atoms with Crippen LogP contribution >= 0.6 is 0 Å². The van der Waals surface area contributed by atoms with Gasteiger partial charge in [-0.05, 0) is 31.0 Å². The number of nitrogens with one attached hydrogen (secondary N) is 1. The molecule has 25 heavy (non-hydrogen) atoms. The van der Waals surface area contributed by atoms with Gasteiger partial charge in [-0.1, -0.05) is 12.1 Å². The zero-order valence-electron chi connectivity index (χ0n) is 14.4. The lowest BCUT2D eigenvalue weighted by atomic mass is 10.1. The highest BCUT2D eigenvalue weighted by Crippen LogP contribution is 2.23. The first-order valence-corrected chi connectivity index (χ1v) is 8.91. The molecule has 4 rings (SSSR count). The second-order valence-corrected chi connectivity index (χ2v) is 6.57. The molecule has 1 unspecified atom stereocenters. The molecule has 1 aromatic carbocycles. The zero-order valence-corrected chi connectivity index (χ0v) is 14.4. The van der Waals surface area contributed by atoms with E-state index in [0.29, 0.717) is 13.2 Å². The second kappa shape index (κ2) is 6.84. The van der Waals surface area contributed by atoms with E-state index < -0.39 is 0 Å². The van der Waals surface area contributed by atoms with Gasteiger partial charge in [0.25, 0.3) is 0 Å². The van der Waals surface area contributed by atoms with Gasteiger partial charge < -0.3 is 14.6 Å². The molecule has 1 aromatic heterocycles. The van der Waals surface area contributed by atoms with E-state index in [-0.39, 0.29) is 12.1 Å². The molecule has 7 heteroatoms. The van der Waals surface area contributed by atoms with Gasteiger partial charge in [0.05, 0.1) is 6.54 Å². The summed E-state index contributed by atoms with van der Waals surface area (Å²) in [7, 11) is 0. The fourth-order valence-electron chi connectivity index (χ4n) is 3.50. The highest BCUT2D eigenvalue weighted by atomic mass is 16.6. The molecule has 0 aliphatic carbocycles. The molecule has 1 atom stereocenters. The number of amides is 1. The van der Waals surface area contributed by atoms with E-state index in [2.05, 4.69) is 39.1 Å². The molecule has 1 N–H and O–H groups in total. The van der Waals surface area contributed by atoms with E-state index >= 15 is 0 Å². The summed E-state index contributed by atoms with van der Waals surface area (Å²) in [5.74, 6) is 2.19. The third-order valence-electron chi connectivity index (χ3n) is 4.93.